The highest BCUT2D eigenvalue weighted by molar-refractivity contribution is 6.10. The van der Waals surface area contributed by atoms with Gasteiger partial charge in [-0.3, -0.25) is 9.59 Å². The van der Waals surface area contributed by atoms with Gasteiger partial charge in [0.25, 0.3) is 0 Å². The summed E-state index contributed by atoms with van der Waals surface area (Å²) < 4.78 is 17.1. The maximum atomic E-state index is 12.3. The summed E-state index contributed by atoms with van der Waals surface area (Å²) in [6.07, 6.45) is -0.760. The monoisotopic (exact) mass is 392 g/mol. The van der Waals surface area contributed by atoms with E-state index < -0.39 is 12.2 Å². The van der Waals surface area contributed by atoms with Gasteiger partial charge >= 0.3 is 5.97 Å². The van der Waals surface area contributed by atoms with Crippen molar-refractivity contribution >= 4 is 28.5 Å². The van der Waals surface area contributed by atoms with E-state index in [0.717, 1.165) is 10.8 Å². The Bertz CT molecular complexity index is 1160. The fraction of sp³-hybridized carbons (Fsp3) is 0.227. The standard InChI is InChI=1S/C22H20N2O5/c1-12-11-18(13(2)27-12)22-24(14(3)25)23-21(29-22)20-17-8-6-5-7-16(17)9-10-19(20)28-15(4)26/h5-11,22H,1-4H3/t22-/m0/s1. The first-order chi connectivity index (χ1) is 13.8. The Kier molecular flexibility index (Phi) is 4.58. The van der Waals surface area contributed by atoms with Crippen LogP contribution in [0.2, 0.25) is 0 Å². The predicted octanol–water partition coefficient (Wildman–Crippen LogP) is 4.21. The number of hydrogen-bond donors (Lipinski definition) is 0. The fourth-order valence-corrected chi connectivity index (χ4v) is 3.48. The number of hydrogen-bond acceptors (Lipinski definition) is 6. The molecule has 0 aliphatic carbocycles. The number of rotatable bonds is 3. The molecule has 0 saturated carbocycles. The number of carbonyl (C=O) groups excluding carboxylic acids is 2. The summed E-state index contributed by atoms with van der Waals surface area (Å²) in [6.45, 7) is 6.39. The van der Waals surface area contributed by atoms with Crippen LogP contribution >= 0.6 is 0 Å². The number of esters is 1. The van der Waals surface area contributed by atoms with E-state index >= 15 is 0 Å². The van der Waals surface area contributed by atoms with E-state index in [4.69, 9.17) is 13.9 Å². The van der Waals surface area contributed by atoms with Crippen LogP contribution in [-0.2, 0) is 14.3 Å². The molecule has 4 rings (SSSR count). The van der Waals surface area contributed by atoms with Gasteiger partial charge in [-0.25, -0.2) is 0 Å². The van der Waals surface area contributed by atoms with Gasteiger partial charge in [-0.1, -0.05) is 30.3 Å². The average Bonchev–Trinajstić information content (AvgIpc) is 3.24. The quantitative estimate of drug-likeness (QED) is 0.493. The summed E-state index contributed by atoms with van der Waals surface area (Å²) in [6, 6.07) is 13.0. The van der Waals surface area contributed by atoms with Gasteiger partial charge in [0.05, 0.1) is 11.1 Å². The van der Waals surface area contributed by atoms with Crippen LogP contribution in [0.1, 0.15) is 42.7 Å². The molecule has 0 bridgehead atoms. The molecule has 0 spiro atoms. The van der Waals surface area contributed by atoms with E-state index in [1.165, 1.54) is 18.9 Å². The number of aryl methyl sites for hydroxylation is 2. The van der Waals surface area contributed by atoms with Crippen molar-refractivity contribution in [1.82, 2.24) is 5.01 Å². The number of fused-ring (bicyclic) bond motifs is 1. The molecule has 0 unspecified atom stereocenters. The zero-order chi connectivity index (χ0) is 20.7. The van der Waals surface area contributed by atoms with Crippen LogP contribution in [0.25, 0.3) is 10.8 Å². The molecular weight excluding hydrogens is 372 g/mol. The van der Waals surface area contributed by atoms with Gasteiger partial charge in [-0.15, -0.1) is 5.10 Å². The van der Waals surface area contributed by atoms with Gasteiger partial charge in [0.1, 0.15) is 17.3 Å². The van der Waals surface area contributed by atoms with E-state index in [1.54, 1.807) is 6.07 Å². The molecule has 0 saturated heterocycles. The first-order valence-electron chi connectivity index (χ1n) is 9.17. The molecule has 1 aromatic heterocycles. The van der Waals surface area contributed by atoms with Crippen molar-refractivity contribution in [3.05, 3.63) is 65.1 Å². The summed E-state index contributed by atoms with van der Waals surface area (Å²) in [7, 11) is 0. The molecule has 1 amide bonds. The minimum absolute atomic E-state index is 0.205. The van der Waals surface area contributed by atoms with E-state index in [9.17, 15) is 9.59 Å². The van der Waals surface area contributed by atoms with Crippen molar-refractivity contribution in [2.45, 2.75) is 33.9 Å². The summed E-state index contributed by atoms with van der Waals surface area (Å²) in [5.74, 6) is 1.15. The molecule has 0 radical (unpaired) electrons. The third-order valence-electron chi connectivity index (χ3n) is 4.67. The lowest BCUT2D eigenvalue weighted by molar-refractivity contribution is -0.135. The zero-order valence-electron chi connectivity index (χ0n) is 16.6. The second-order valence-corrected chi connectivity index (χ2v) is 6.86. The van der Waals surface area contributed by atoms with Crippen molar-refractivity contribution in [3.8, 4) is 5.75 Å². The molecule has 1 atom stereocenters. The van der Waals surface area contributed by atoms with Crippen LogP contribution in [-0.4, -0.2) is 22.8 Å². The van der Waals surface area contributed by atoms with Gasteiger partial charge in [-0.05, 0) is 36.8 Å². The Labute approximate surface area is 167 Å². The van der Waals surface area contributed by atoms with Gasteiger partial charge in [-0.2, -0.15) is 5.01 Å². The number of ether oxygens (including phenoxy) is 2. The molecule has 2 heterocycles. The van der Waals surface area contributed by atoms with Crippen LogP contribution < -0.4 is 4.74 Å². The predicted molar refractivity (Wildman–Crippen MR) is 106 cm³/mol. The fourth-order valence-electron chi connectivity index (χ4n) is 3.48. The van der Waals surface area contributed by atoms with E-state index in [-0.39, 0.29) is 11.8 Å². The third-order valence-corrected chi connectivity index (χ3v) is 4.67. The van der Waals surface area contributed by atoms with Crippen molar-refractivity contribution in [3.63, 3.8) is 0 Å². The molecule has 0 fully saturated rings. The van der Waals surface area contributed by atoms with E-state index in [0.29, 0.717) is 28.4 Å². The zero-order valence-corrected chi connectivity index (χ0v) is 16.6. The Morgan fingerprint density at radius 3 is 2.52 bits per heavy atom. The number of furan rings is 1. The second-order valence-electron chi connectivity index (χ2n) is 6.86. The summed E-state index contributed by atoms with van der Waals surface area (Å²) >= 11 is 0. The second kappa shape index (κ2) is 7.09. The number of nitrogens with zero attached hydrogens (tertiary/aromatic N) is 2. The molecule has 1 aliphatic heterocycles. The van der Waals surface area contributed by atoms with Crippen molar-refractivity contribution < 1.29 is 23.5 Å². The average molecular weight is 392 g/mol. The summed E-state index contributed by atoms with van der Waals surface area (Å²) in [5.41, 5.74) is 1.23. The molecule has 1 aliphatic rings. The summed E-state index contributed by atoms with van der Waals surface area (Å²) in [5, 5.41) is 7.43. The molecule has 7 nitrogen and oxygen atoms in total. The summed E-state index contributed by atoms with van der Waals surface area (Å²) in [4.78, 5) is 23.9. The van der Waals surface area contributed by atoms with E-state index in [2.05, 4.69) is 5.10 Å². The largest absolute Gasteiger partial charge is 0.466 e. The van der Waals surface area contributed by atoms with Crippen molar-refractivity contribution in [2.75, 3.05) is 0 Å². The number of amides is 1. The van der Waals surface area contributed by atoms with Crippen LogP contribution in [0.5, 0.6) is 5.75 Å². The van der Waals surface area contributed by atoms with Crippen molar-refractivity contribution in [1.29, 1.82) is 0 Å². The molecule has 2 aromatic carbocycles. The Balaban J connectivity index is 1.87. The van der Waals surface area contributed by atoms with Gasteiger partial charge in [0, 0.05) is 13.8 Å². The normalized spacial score (nSPS) is 15.9. The minimum atomic E-state index is -0.760. The molecule has 148 valence electrons. The van der Waals surface area contributed by atoms with Crippen LogP contribution in [0.4, 0.5) is 0 Å². The molecule has 29 heavy (non-hydrogen) atoms. The Hall–Kier alpha value is -3.61. The van der Waals surface area contributed by atoms with Crippen LogP contribution in [0, 0.1) is 13.8 Å². The van der Waals surface area contributed by atoms with Gasteiger partial charge in [0.15, 0.2) is 0 Å². The van der Waals surface area contributed by atoms with Crippen LogP contribution in [0.3, 0.4) is 0 Å². The Morgan fingerprint density at radius 1 is 1.10 bits per heavy atom. The van der Waals surface area contributed by atoms with Crippen molar-refractivity contribution in [2.24, 2.45) is 5.10 Å². The molecule has 7 heteroatoms. The maximum Gasteiger partial charge on any atom is 0.308 e. The highest BCUT2D eigenvalue weighted by atomic mass is 16.5. The first kappa shape index (κ1) is 18.7. The minimum Gasteiger partial charge on any atom is -0.466 e. The Morgan fingerprint density at radius 2 is 1.86 bits per heavy atom. The SMILES string of the molecule is CC(=O)Oc1ccc2ccccc2c1C1=NN(C(C)=O)[C@H](c2cc(C)oc2C)O1. The lowest BCUT2D eigenvalue weighted by Crippen LogP contribution is -2.25. The lowest BCUT2D eigenvalue weighted by atomic mass is 10.0. The highest BCUT2D eigenvalue weighted by Gasteiger charge is 2.37. The molecule has 3 aromatic rings. The molecular formula is C22H20N2O5. The third kappa shape index (κ3) is 3.35. The topological polar surface area (TPSA) is 81.3 Å². The van der Waals surface area contributed by atoms with Gasteiger partial charge in [0.2, 0.25) is 18.0 Å². The maximum absolute atomic E-state index is 12.3. The lowest BCUT2D eigenvalue weighted by Gasteiger charge is -2.18. The first-order valence-corrected chi connectivity index (χ1v) is 9.17. The highest BCUT2D eigenvalue weighted by Crippen LogP contribution is 2.37. The van der Waals surface area contributed by atoms with Crippen LogP contribution in [0.15, 0.2) is 52.0 Å². The number of hydrazone groups is 1. The van der Waals surface area contributed by atoms with Gasteiger partial charge < -0.3 is 13.9 Å². The molecule has 0 N–H and O–H groups in total. The smallest absolute Gasteiger partial charge is 0.308 e. The van der Waals surface area contributed by atoms with E-state index in [1.807, 2.05) is 50.2 Å². The number of carbonyl (C=O) groups is 2. The number of benzene rings is 2.